The first-order valence-corrected chi connectivity index (χ1v) is 2.00. The molecule has 0 aliphatic rings. The van der Waals surface area contributed by atoms with Crippen LogP contribution in [-0.2, 0) is 10.4 Å². The highest BCUT2D eigenvalue weighted by Gasteiger charge is 1.49. The van der Waals surface area contributed by atoms with E-state index in [-0.39, 0.29) is 54.8 Å². The number of hydrogen-bond acceptors (Lipinski definition) is 4. The topological polar surface area (TPSA) is 395 Å². The minimum Gasteiger partial charge on any atom is -0.759 e. The first kappa shape index (κ1) is 218. The lowest BCUT2D eigenvalue weighted by Gasteiger charge is -2.06. The smallest absolute Gasteiger partial charge is 0.0311 e. The van der Waals surface area contributed by atoms with Crippen LogP contribution in [0.2, 0.25) is 0 Å². The minimum absolute atomic E-state index is 0. The lowest BCUT2D eigenvalue weighted by atomic mass is 15.8. The Labute approximate surface area is 83.8 Å². The molecule has 0 saturated carbocycles. The van der Waals surface area contributed by atoms with E-state index < -0.39 is 10.4 Å². The Hall–Kier alpha value is -0.530. The van der Waals surface area contributed by atoms with Crippen LogP contribution in [0.15, 0.2) is 0 Å². The molecule has 0 aromatic rings. The maximum absolute atomic E-state index is 8.52. The Morgan fingerprint density at radius 3 is 0.467 bits per heavy atom. The Bertz CT molecular complexity index is 88.5. The third-order valence-electron chi connectivity index (χ3n) is 0. The largest absolute Gasteiger partial charge is 0.759 e. The van der Waals surface area contributed by atoms with Gasteiger partial charge in [-0.25, -0.2) is 0 Å². The van der Waals surface area contributed by atoms with E-state index in [1.807, 2.05) is 0 Å². The van der Waals surface area contributed by atoms with E-state index in [0.29, 0.717) is 0 Å². The van der Waals surface area contributed by atoms with E-state index in [2.05, 4.69) is 0 Å². The Balaban J connectivity index is -0.00000000178. The molecule has 15 heteroatoms. The molecule has 0 aliphatic heterocycles. The molecule has 0 aromatic carbocycles. The second-order valence-electron chi connectivity index (χ2n) is 0.408. The van der Waals surface area contributed by atoms with Crippen molar-refractivity contribution in [3.05, 3.63) is 0 Å². The van der Waals surface area contributed by atoms with Gasteiger partial charge in [0.25, 0.3) is 0 Å². The van der Waals surface area contributed by atoms with Gasteiger partial charge in [0.1, 0.15) is 0 Å². The van der Waals surface area contributed by atoms with Gasteiger partial charge in [-0.1, -0.05) is 0 Å². The molecule has 20 N–H and O–H groups in total. The van der Waals surface area contributed by atoms with Crippen molar-refractivity contribution < 1.29 is 72.3 Å². The van der Waals surface area contributed by atoms with Crippen LogP contribution < -0.4 is 0 Å². The molecule has 112 valence electrons. The fraction of sp³-hybridized carbons (Fsp3) is 0. The molecule has 0 spiro atoms. The van der Waals surface area contributed by atoms with Gasteiger partial charge < -0.3 is 63.9 Å². The molecule has 0 bridgehead atoms. The molecule has 15 heavy (non-hydrogen) atoms. The van der Waals surface area contributed by atoms with Crippen molar-refractivity contribution in [2.24, 2.45) is 0 Å². The molecule has 0 saturated heterocycles. The summed E-state index contributed by atoms with van der Waals surface area (Å²) >= 11 is 0. The highest BCUT2D eigenvalue weighted by Crippen LogP contribution is 1.57. The van der Waals surface area contributed by atoms with Crippen molar-refractivity contribution in [2.75, 3.05) is 0 Å². The van der Waals surface area contributed by atoms with Crippen LogP contribution in [0, 0.1) is 0 Å². The predicted octanol–water partition coefficient (Wildman–Crippen LogP) is -9.58. The normalized spacial score (nSPS) is 3.87. The van der Waals surface area contributed by atoms with E-state index in [0.717, 1.165) is 0 Å². The zero-order valence-corrected chi connectivity index (χ0v) is 7.86. The predicted molar refractivity (Wildman–Crippen MR) is 46.6 cm³/mol. The van der Waals surface area contributed by atoms with E-state index in [9.17, 15) is 0 Å². The summed E-state index contributed by atoms with van der Waals surface area (Å²) in [7, 11) is -5.17. The van der Waals surface area contributed by atoms with Crippen LogP contribution in [-0.4, -0.2) is 72.3 Å². The minimum atomic E-state index is -5.17. The molecular weight excluding hydrogens is 256 g/mol. The summed E-state index contributed by atoms with van der Waals surface area (Å²) in [5.74, 6) is 0. The SMILES string of the molecule is O.O.O.O.O.O.O.O.O.O.O=S(=O)([O-])[O-]. The first-order chi connectivity index (χ1) is 2.00. The van der Waals surface area contributed by atoms with Gasteiger partial charge in [-0.3, -0.25) is 8.42 Å². The fourth-order valence-corrected chi connectivity index (χ4v) is 0. The molecule has 0 fully saturated rings. The monoisotopic (exact) mass is 276 g/mol. The van der Waals surface area contributed by atoms with Gasteiger partial charge in [0.2, 0.25) is 0 Å². The van der Waals surface area contributed by atoms with Crippen molar-refractivity contribution >= 4 is 10.4 Å². The lowest BCUT2D eigenvalue weighted by Crippen LogP contribution is -1.91. The summed E-state index contributed by atoms with van der Waals surface area (Å²) in [6, 6.07) is 0. The van der Waals surface area contributed by atoms with E-state index >= 15 is 0 Å². The third-order valence-corrected chi connectivity index (χ3v) is 0. The summed E-state index contributed by atoms with van der Waals surface area (Å²) in [4.78, 5) is 0. The van der Waals surface area contributed by atoms with Crippen LogP contribution in [0.5, 0.6) is 0 Å². The molecule has 0 unspecified atom stereocenters. The molecule has 0 atom stereocenters. The van der Waals surface area contributed by atoms with Crippen LogP contribution in [0.25, 0.3) is 0 Å². The highest BCUT2D eigenvalue weighted by molar-refractivity contribution is 7.79. The van der Waals surface area contributed by atoms with Crippen molar-refractivity contribution in [3.63, 3.8) is 0 Å². The summed E-state index contributed by atoms with van der Waals surface area (Å²) < 4.78 is 34.1. The van der Waals surface area contributed by atoms with Crippen LogP contribution >= 0.6 is 0 Å². The summed E-state index contributed by atoms with van der Waals surface area (Å²) in [6.07, 6.45) is 0. The van der Waals surface area contributed by atoms with Gasteiger partial charge in [-0.15, -0.1) is 0 Å². The average Bonchev–Trinajstić information content (AvgIpc) is 0.722. The quantitative estimate of drug-likeness (QED) is 0.306. The maximum atomic E-state index is 8.52. The van der Waals surface area contributed by atoms with Gasteiger partial charge in [-0.05, 0) is 0 Å². The average molecular weight is 276 g/mol. The van der Waals surface area contributed by atoms with Gasteiger partial charge in [0.15, 0.2) is 0 Å². The van der Waals surface area contributed by atoms with Crippen LogP contribution in [0.3, 0.4) is 0 Å². The molecule has 0 aromatic heterocycles. The first-order valence-electron chi connectivity index (χ1n) is 0.667. The lowest BCUT2D eigenvalue weighted by molar-refractivity contribution is 0.352. The van der Waals surface area contributed by atoms with Crippen molar-refractivity contribution in [3.8, 4) is 0 Å². The van der Waals surface area contributed by atoms with E-state index in [1.54, 1.807) is 0 Å². The van der Waals surface area contributed by atoms with E-state index in [4.69, 9.17) is 17.5 Å². The molecule has 14 nitrogen and oxygen atoms in total. The second kappa shape index (κ2) is 70.0. The Kier molecular flexibility index (Phi) is 1020. The van der Waals surface area contributed by atoms with Gasteiger partial charge in [0.05, 0.1) is 0 Å². The standard InChI is InChI=1S/H2O4S.10H2O/c1-5(2,3)4;;;;;;;;;;/h(H2,1,2,3,4);10*1H2/p-2. The summed E-state index contributed by atoms with van der Waals surface area (Å²) in [5, 5.41) is 0. The summed E-state index contributed by atoms with van der Waals surface area (Å²) in [6.45, 7) is 0. The van der Waals surface area contributed by atoms with Gasteiger partial charge in [-0.2, -0.15) is 0 Å². The van der Waals surface area contributed by atoms with Crippen molar-refractivity contribution in [2.45, 2.75) is 0 Å². The van der Waals surface area contributed by atoms with Crippen molar-refractivity contribution in [1.82, 2.24) is 0 Å². The van der Waals surface area contributed by atoms with Gasteiger partial charge in [0, 0.05) is 10.4 Å². The van der Waals surface area contributed by atoms with Crippen molar-refractivity contribution in [1.29, 1.82) is 0 Å². The number of rotatable bonds is 0. The fourth-order valence-electron chi connectivity index (χ4n) is 0. The zero-order chi connectivity index (χ0) is 4.50. The molecule has 0 rings (SSSR count). The molecule has 0 radical (unpaired) electrons. The molecule has 0 aliphatic carbocycles. The van der Waals surface area contributed by atoms with Gasteiger partial charge >= 0.3 is 0 Å². The maximum Gasteiger partial charge on any atom is 0.0311 e. The third kappa shape index (κ3) is 6310. The summed E-state index contributed by atoms with van der Waals surface area (Å²) in [5.41, 5.74) is 0. The Morgan fingerprint density at radius 2 is 0.467 bits per heavy atom. The Morgan fingerprint density at radius 1 is 0.467 bits per heavy atom. The van der Waals surface area contributed by atoms with E-state index in [1.165, 1.54) is 0 Å². The second-order valence-corrected chi connectivity index (χ2v) is 1.22. The molecule has 0 heterocycles. The zero-order valence-electron chi connectivity index (χ0n) is 7.04. The van der Waals surface area contributed by atoms with Crippen LogP contribution in [0.1, 0.15) is 0 Å². The molecular formula is H20O14S-2. The highest BCUT2D eigenvalue weighted by atomic mass is 32.3. The molecule has 0 amide bonds. The number of hydrogen-bond donors (Lipinski definition) is 0. The van der Waals surface area contributed by atoms with Crippen LogP contribution in [0.4, 0.5) is 0 Å².